The molecule has 1 saturated heterocycles. The molecule has 1 aromatic heterocycles. The SMILES string of the molecule is Cc1cc2cc(C(=O)N3C[C@@H](N)[C@H](c4ccccc4)C3)oc2cc1C. The van der Waals surface area contributed by atoms with Crippen LogP contribution in [0.15, 0.2) is 52.9 Å². The average molecular weight is 334 g/mol. The minimum Gasteiger partial charge on any atom is -0.451 e. The van der Waals surface area contributed by atoms with Crippen LogP contribution in [0.4, 0.5) is 0 Å². The van der Waals surface area contributed by atoms with Crippen LogP contribution in [0.25, 0.3) is 11.0 Å². The highest BCUT2D eigenvalue weighted by Gasteiger charge is 2.35. The predicted octanol–water partition coefficient (Wildman–Crippen LogP) is 3.62. The molecule has 25 heavy (non-hydrogen) atoms. The lowest BCUT2D eigenvalue weighted by atomic mass is 9.95. The minimum atomic E-state index is -0.0830. The molecule has 2 atom stereocenters. The lowest BCUT2D eigenvalue weighted by Crippen LogP contribution is -2.32. The second-order valence-corrected chi connectivity index (χ2v) is 6.98. The molecule has 2 heterocycles. The first kappa shape index (κ1) is 15.9. The van der Waals surface area contributed by atoms with Crippen molar-refractivity contribution in [1.29, 1.82) is 0 Å². The lowest BCUT2D eigenvalue weighted by molar-refractivity contribution is 0.0760. The maximum absolute atomic E-state index is 12.9. The number of hydrogen-bond acceptors (Lipinski definition) is 3. The summed E-state index contributed by atoms with van der Waals surface area (Å²) in [6, 6.07) is 16.0. The molecule has 1 aliphatic heterocycles. The van der Waals surface area contributed by atoms with Gasteiger partial charge in [-0.05, 0) is 48.7 Å². The summed E-state index contributed by atoms with van der Waals surface area (Å²) in [5, 5.41) is 0.967. The number of carbonyl (C=O) groups excluding carboxylic acids is 1. The molecule has 128 valence electrons. The Bertz CT molecular complexity index is 891. The smallest absolute Gasteiger partial charge is 0.289 e. The summed E-state index contributed by atoms with van der Waals surface area (Å²) in [4.78, 5) is 14.7. The summed E-state index contributed by atoms with van der Waals surface area (Å²) in [6.45, 7) is 5.28. The first-order chi connectivity index (χ1) is 12.0. The van der Waals surface area contributed by atoms with Gasteiger partial charge in [-0.3, -0.25) is 4.79 Å². The zero-order valence-corrected chi connectivity index (χ0v) is 14.5. The van der Waals surface area contributed by atoms with Crippen molar-refractivity contribution in [2.45, 2.75) is 25.8 Å². The van der Waals surface area contributed by atoms with Crippen LogP contribution in [0.5, 0.6) is 0 Å². The summed E-state index contributed by atoms with van der Waals surface area (Å²) in [7, 11) is 0. The number of nitrogens with two attached hydrogens (primary N) is 1. The zero-order valence-electron chi connectivity index (χ0n) is 14.5. The molecule has 4 heteroatoms. The summed E-state index contributed by atoms with van der Waals surface area (Å²) in [6.07, 6.45) is 0. The zero-order chi connectivity index (χ0) is 17.6. The van der Waals surface area contributed by atoms with Crippen LogP contribution in [-0.2, 0) is 0 Å². The second-order valence-electron chi connectivity index (χ2n) is 6.98. The number of likely N-dealkylation sites (tertiary alicyclic amines) is 1. The van der Waals surface area contributed by atoms with E-state index < -0.39 is 0 Å². The van der Waals surface area contributed by atoms with E-state index in [1.807, 2.05) is 37.3 Å². The molecule has 0 spiro atoms. The Balaban J connectivity index is 1.59. The van der Waals surface area contributed by atoms with Gasteiger partial charge in [-0.25, -0.2) is 0 Å². The monoisotopic (exact) mass is 334 g/mol. The Hall–Kier alpha value is -2.59. The Kier molecular flexibility index (Phi) is 3.85. The number of amides is 1. The largest absolute Gasteiger partial charge is 0.451 e. The Morgan fingerprint density at radius 2 is 1.80 bits per heavy atom. The maximum Gasteiger partial charge on any atom is 0.289 e. The molecule has 2 N–H and O–H groups in total. The van der Waals surface area contributed by atoms with E-state index in [2.05, 4.69) is 25.1 Å². The van der Waals surface area contributed by atoms with Crippen molar-refractivity contribution in [2.24, 2.45) is 5.73 Å². The number of rotatable bonds is 2. The van der Waals surface area contributed by atoms with Crippen molar-refractivity contribution in [2.75, 3.05) is 13.1 Å². The average Bonchev–Trinajstić information content (AvgIpc) is 3.19. The van der Waals surface area contributed by atoms with E-state index in [1.165, 1.54) is 11.1 Å². The van der Waals surface area contributed by atoms with E-state index in [1.54, 1.807) is 4.90 Å². The molecule has 4 rings (SSSR count). The molecule has 2 aromatic carbocycles. The highest BCUT2D eigenvalue weighted by molar-refractivity contribution is 5.96. The number of benzene rings is 2. The second kappa shape index (κ2) is 6.05. The fourth-order valence-electron chi connectivity index (χ4n) is 3.61. The third kappa shape index (κ3) is 2.83. The third-order valence-corrected chi connectivity index (χ3v) is 5.22. The summed E-state index contributed by atoms with van der Waals surface area (Å²) < 4.78 is 5.82. The summed E-state index contributed by atoms with van der Waals surface area (Å²) in [5.74, 6) is 0.473. The molecule has 4 nitrogen and oxygen atoms in total. The summed E-state index contributed by atoms with van der Waals surface area (Å²) >= 11 is 0. The molecule has 1 fully saturated rings. The van der Waals surface area contributed by atoms with Crippen LogP contribution in [0.1, 0.15) is 33.2 Å². The predicted molar refractivity (Wildman–Crippen MR) is 98.7 cm³/mol. The fourth-order valence-corrected chi connectivity index (χ4v) is 3.61. The van der Waals surface area contributed by atoms with Crippen LogP contribution < -0.4 is 5.73 Å². The number of furan rings is 1. The van der Waals surface area contributed by atoms with Crippen molar-refractivity contribution in [3.05, 3.63) is 71.0 Å². The molecule has 0 saturated carbocycles. The standard InChI is InChI=1S/C21H22N2O2/c1-13-8-16-10-20(25-19(16)9-14(13)2)21(24)23-11-17(18(22)12-23)15-6-4-3-5-7-15/h3-10,17-18H,11-12,22H2,1-2H3/t17-,18+/m0/s1. The highest BCUT2D eigenvalue weighted by Crippen LogP contribution is 2.29. The molecule has 0 bridgehead atoms. The van der Waals surface area contributed by atoms with Gasteiger partial charge in [-0.15, -0.1) is 0 Å². The number of carbonyl (C=O) groups is 1. The van der Waals surface area contributed by atoms with Crippen LogP contribution in [0.3, 0.4) is 0 Å². The Morgan fingerprint density at radius 3 is 2.56 bits per heavy atom. The van der Waals surface area contributed by atoms with Crippen molar-refractivity contribution in [3.8, 4) is 0 Å². The van der Waals surface area contributed by atoms with Crippen molar-refractivity contribution < 1.29 is 9.21 Å². The first-order valence-electron chi connectivity index (χ1n) is 8.63. The van der Waals surface area contributed by atoms with Gasteiger partial charge in [0.05, 0.1) is 0 Å². The van der Waals surface area contributed by atoms with E-state index >= 15 is 0 Å². The van der Waals surface area contributed by atoms with E-state index in [-0.39, 0.29) is 17.9 Å². The van der Waals surface area contributed by atoms with Crippen molar-refractivity contribution in [1.82, 2.24) is 4.90 Å². The molecule has 1 amide bonds. The number of aryl methyl sites for hydroxylation is 2. The Labute approximate surface area is 147 Å². The van der Waals surface area contributed by atoms with Gasteiger partial charge in [0.15, 0.2) is 5.76 Å². The molecule has 3 aromatic rings. The molecular weight excluding hydrogens is 312 g/mol. The maximum atomic E-state index is 12.9. The van der Waals surface area contributed by atoms with Gasteiger partial charge < -0.3 is 15.1 Å². The quantitative estimate of drug-likeness (QED) is 0.779. The summed E-state index contributed by atoms with van der Waals surface area (Å²) in [5.41, 5.74) is 10.6. The van der Waals surface area contributed by atoms with Gasteiger partial charge in [0.25, 0.3) is 5.91 Å². The molecule has 0 aliphatic carbocycles. The van der Waals surface area contributed by atoms with Crippen LogP contribution in [0.2, 0.25) is 0 Å². The van der Waals surface area contributed by atoms with Gasteiger partial charge in [0.1, 0.15) is 5.58 Å². The van der Waals surface area contributed by atoms with E-state index in [9.17, 15) is 4.79 Å². The minimum absolute atomic E-state index is 0.0554. The molecule has 0 unspecified atom stereocenters. The normalized spacial score (nSPS) is 20.4. The Morgan fingerprint density at radius 1 is 1.08 bits per heavy atom. The van der Waals surface area contributed by atoms with Crippen LogP contribution in [0, 0.1) is 13.8 Å². The number of fused-ring (bicyclic) bond motifs is 1. The van der Waals surface area contributed by atoms with Crippen LogP contribution in [-0.4, -0.2) is 29.9 Å². The molecule has 0 radical (unpaired) electrons. The van der Waals surface area contributed by atoms with Crippen molar-refractivity contribution in [3.63, 3.8) is 0 Å². The van der Waals surface area contributed by atoms with Gasteiger partial charge >= 0.3 is 0 Å². The van der Waals surface area contributed by atoms with Gasteiger partial charge in [-0.2, -0.15) is 0 Å². The third-order valence-electron chi connectivity index (χ3n) is 5.22. The highest BCUT2D eigenvalue weighted by atomic mass is 16.3. The number of nitrogens with zero attached hydrogens (tertiary/aromatic N) is 1. The van der Waals surface area contributed by atoms with Gasteiger partial charge in [-0.1, -0.05) is 30.3 Å². The lowest BCUT2D eigenvalue weighted by Gasteiger charge is -2.15. The van der Waals surface area contributed by atoms with E-state index in [4.69, 9.17) is 10.2 Å². The van der Waals surface area contributed by atoms with Crippen molar-refractivity contribution >= 4 is 16.9 Å². The van der Waals surface area contributed by atoms with E-state index in [0.29, 0.717) is 18.8 Å². The van der Waals surface area contributed by atoms with Crippen LogP contribution >= 0.6 is 0 Å². The molecular formula is C21H22N2O2. The number of hydrogen-bond donors (Lipinski definition) is 1. The van der Waals surface area contributed by atoms with Gasteiger partial charge in [0.2, 0.25) is 0 Å². The fraction of sp³-hybridized carbons (Fsp3) is 0.286. The molecule has 1 aliphatic rings. The van der Waals surface area contributed by atoms with Gasteiger partial charge in [0, 0.05) is 30.4 Å². The topological polar surface area (TPSA) is 59.5 Å². The first-order valence-corrected chi connectivity index (χ1v) is 8.63. The van der Waals surface area contributed by atoms with E-state index in [0.717, 1.165) is 16.5 Å².